The van der Waals surface area contributed by atoms with Gasteiger partial charge in [-0.2, -0.15) is 0 Å². The van der Waals surface area contributed by atoms with Crippen molar-refractivity contribution in [1.82, 2.24) is 0 Å². The predicted octanol–water partition coefficient (Wildman–Crippen LogP) is 3.23. The van der Waals surface area contributed by atoms with Crippen molar-refractivity contribution in [3.63, 3.8) is 0 Å². The molecule has 1 aliphatic rings. The van der Waals surface area contributed by atoms with E-state index in [1.54, 1.807) is 7.11 Å². The fourth-order valence-electron chi connectivity index (χ4n) is 2.84. The fraction of sp³-hybridized carbons (Fsp3) is 0.562. The number of hydrogen-bond acceptors (Lipinski definition) is 4. The Balaban J connectivity index is 2.26. The van der Waals surface area contributed by atoms with Crippen LogP contribution in [-0.2, 0) is 9.53 Å². The average Bonchev–Trinajstić information content (AvgIpc) is 2.49. The maximum absolute atomic E-state index is 12.3. The molecule has 1 aromatic carbocycles. The van der Waals surface area contributed by atoms with Crippen LogP contribution in [0.15, 0.2) is 24.3 Å². The van der Waals surface area contributed by atoms with Crippen molar-refractivity contribution in [2.75, 3.05) is 19.5 Å². The molecule has 0 atom stereocenters. The number of para-hydroxylation sites is 2. The number of benzene rings is 1. The van der Waals surface area contributed by atoms with E-state index in [2.05, 4.69) is 12.2 Å². The van der Waals surface area contributed by atoms with E-state index in [9.17, 15) is 4.79 Å². The molecule has 0 unspecified atom stereocenters. The summed E-state index contributed by atoms with van der Waals surface area (Å²) in [7, 11) is 3.08. The molecule has 0 spiro atoms. The van der Waals surface area contributed by atoms with Gasteiger partial charge < -0.3 is 14.8 Å². The van der Waals surface area contributed by atoms with E-state index in [1.165, 1.54) is 7.11 Å². The molecule has 1 aliphatic carbocycles. The lowest BCUT2D eigenvalue weighted by atomic mass is 9.77. The van der Waals surface area contributed by atoms with E-state index >= 15 is 0 Å². The average molecular weight is 277 g/mol. The third-order valence-corrected chi connectivity index (χ3v) is 4.18. The summed E-state index contributed by atoms with van der Waals surface area (Å²) < 4.78 is 10.4. The van der Waals surface area contributed by atoms with Crippen molar-refractivity contribution >= 4 is 11.7 Å². The molecule has 0 bridgehead atoms. The van der Waals surface area contributed by atoms with Gasteiger partial charge in [0.15, 0.2) is 0 Å². The van der Waals surface area contributed by atoms with Gasteiger partial charge in [-0.15, -0.1) is 0 Å². The Kier molecular flexibility index (Phi) is 4.53. The van der Waals surface area contributed by atoms with Crippen LogP contribution in [0.5, 0.6) is 5.75 Å². The monoisotopic (exact) mass is 277 g/mol. The minimum atomic E-state index is -0.629. The summed E-state index contributed by atoms with van der Waals surface area (Å²) >= 11 is 0. The number of carbonyl (C=O) groups excluding carboxylic acids is 1. The normalized spacial score (nSPS) is 25.9. The maximum atomic E-state index is 12.3. The maximum Gasteiger partial charge on any atom is 0.331 e. The predicted molar refractivity (Wildman–Crippen MR) is 79.0 cm³/mol. The van der Waals surface area contributed by atoms with E-state index < -0.39 is 5.54 Å². The highest BCUT2D eigenvalue weighted by Crippen LogP contribution is 2.37. The van der Waals surface area contributed by atoms with E-state index in [-0.39, 0.29) is 5.97 Å². The minimum absolute atomic E-state index is 0.185. The molecule has 1 saturated carbocycles. The first-order valence-electron chi connectivity index (χ1n) is 7.11. The third-order valence-electron chi connectivity index (χ3n) is 4.18. The highest BCUT2D eigenvalue weighted by Gasteiger charge is 2.42. The van der Waals surface area contributed by atoms with Crippen molar-refractivity contribution in [2.24, 2.45) is 5.92 Å². The summed E-state index contributed by atoms with van der Waals surface area (Å²) in [5.74, 6) is 1.22. The third kappa shape index (κ3) is 2.89. The van der Waals surface area contributed by atoms with Gasteiger partial charge in [0.2, 0.25) is 0 Å². The first-order valence-corrected chi connectivity index (χ1v) is 7.11. The Morgan fingerprint density at radius 3 is 2.50 bits per heavy atom. The number of esters is 1. The number of methoxy groups -OCH3 is 2. The Morgan fingerprint density at radius 2 is 1.90 bits per heavy atom. The second-order valence-electron chi connectivity index (χ2n) is 5.58. The van der Waals surface area contributed by atoms with Gasteiger partial charge in [0.1, 0.15) is 11.3 Å². The van der Waals surface area contributed by atoms with Crippen LogP contribution in [0.4, 0.5) is 5.69 Å². The lowest BCUT2D eigenvalue weighted by Crippen LogP contribution is -2.49. The van der Waals surface area contributed by atoms with Gasteiger partial charge in [0.25, 0.3) is 0 Å². The number of ether oxygens (including phenoxy) is 2. The van der Waals surface area contributed by atoms with Gasteiger partial charge in [-0.05, 0) is 43.7 Å². The number of anilines is 1. The van der Waals surface area contributed by atoms with Gasteiger partial charge in [-0.1, -0.05) is 19.1 Å². The molecule has 110 valence electrons. The zero-order valence-corrected chi connectivity index (χ0v) is 12.4. The van der Waals surface area contributed by atoms with Crippen molar-refractivity contribution in [2.45, 2.75) is 38.1 Å². The summed E-state index contributed by atoms with van der Waals surface area (Å²) in [6.45, 7) is 2.23. The summed E-state index contributed by atoms with van der Waals surface area (Å²) in [5, 5.41) is 3.39. The molecule has 0 aliphatic heterocycles. The molecule has 20 heavy (non-hydrogen) atoms. The second kappa shape index (κ2) is 6.16. The molecule has 1 fully saturated rings. The van der Waals surface area contributed by atoms with Crippen LogP contribution in [0.3, 0.4) is 0 Å². The number of nitrogens with one attached hydrogen (secondary N) is 1. The Morgan fingerprint density at radius 1 is 1.25 bits per heavy atom. The molecule has 1 N–H and O–H groups in total. The van der Waals surface area contributed by atoms with Crippen LogP contribution in [0.1, 0.15) is 32.6 Å². The van der Waals surface area contributed by atoms with Gasteiger partial charge in [-0.3, -0.25) is 0 Å². The zero-order chi connectivity index (χ0) is 14.6. The molecule has 4 heteroatoms. The van der Waals surface area contributed by atoms with Crippen LogP contribution in [-0.4, -0.2) is 25.7 Å². The molecular formula is C16H23NO3. The SMILES string of the molecule is COC(=O)C1(Nc2ccccc2OC)CCC(C)CC1. The summed E-state index contributed by atoms with van der Waals surface area (Å²) in [5.41, 5.74) is 0.213. The molecule has 0 saturated heterocycles. The molecule has 4 nitrogen and oxygen atoms in total. The second-order valence-corrected chi connectivity index (χ2v) is 5.58. The Bertz CT molecular complexity index is 465. The van der Waals surface area contributed by atoms with Crippen molar-refractivity contribution < 1.29 is 14.3 Å². The largest absolute Gasteiger partial charge is 0.495 e. The van der Waals surface area contributed by atoms with Gasteiger partial charge in [-0.25, -0.2) is 4.79 Å². The topological polar surface area (TPSA) is 47.6 Å². The number of carbonyl (C=O) groups is 1. The van der Waals surface area contributed by atoms with Crippen molar-refractivity contribution in [3.8, 4) is 5.75 Å². The van der Waals surface area contributed by atoms with E-state index in [4.69, 9.17) is 9.47 Å². The summed E-state index contributed by atoms with van der Waals surface area (Å²) in [6.07, 6.45) is 3.63. The first-order chi connectivity index (χ1) is 9.61. The van der Waals surface area contributed by atoms with Crippen LogP contribution in [0.25, 0.3) is 0 Å². The zero-order valence-electron chi connectivity index (χ0n) is 12.4. The first kappa shape index (κ1) is 14.7. The highest BCUT2D eigenvalue weighted by atomic mass is 16.5. The lowest BCUT2D eigenvalue weighted by molar-refractivity contribution is -0.147. The molecule has 0 heterocycles. The number of rotatable bonds is 4. The summed E-state index contributed by atoms with van der Waals surface area (Å²) in [4.78, 5) is 12.3. The fourth-order valence-corrected chi connectivity index (χ4v) is 2.84. The van der Waals surface area contributed by atoms with Crippen LogP contribution < -0.4 is 10.1 Å². The lowest BCUT2D eigenvalue weighted by Gasteiger charge is -2.38. The molecule has 1 aromatic rings. The molecular weight excluding hydrogens is 254 g/mol. The summed E-state index contributed by atoms with van der Waals surface area (Å²) in [6, 6.07) is 7.67. The van der Waals surface area contributed by atoms with E-state index in [1.807, 2.05) is 24.3 Å². The Labute approximate surface area is 120 Å². The van der Waals surface area contributed by atoms with Gasteiger partial charge >= 0.3 is 5.97 Å². The Hall–Kier alpha value is -1.71. The van der Waals surface area contributed by atoms with Gasteiger partial charge in [0, 0.05) is 0 Å². The molecule has 0 aromatic heterocycles. The molecule has 0 radical (unpaired) electrons. The molecule has 0 amide bonds. The smallest absolute Gasteiger partial charge is 0.331 e. The van der Waals surface area contributed by atoms with Crippen LogP contribution in [0.2, 0.25) is 0 Å². The van der Waals surface area contributed by atoms with Crippen LogP contribution in [0, 0.1) is 5.92 Å². The van der Waals surface area contributed by atoms with Crippen LogP contribution >= 0.6 is 0 Å². The van der Waals surface area contributed by atoms with Gasteiger partial charge in [0.05, 0.1) is 19.9 Å². The minimum Gasteiger partial charge on any atom is -0.495 e. The highest BCUT2D eigenvalue weighted by molar-refractivity contribution is 5.85. The quantitative estimate of drug-likeness (QED) is 0.858. The van der Waals surface area contributed by atoms with Crippen molar-refractivity contribution in [1.29, 1.82) is 0 Å². The van der Waals surface area contributed by atoms with E-state index in [0.29, 0.717) is 5.92 Å². The standard InChI is InChI=1S/C16H23NO3/c1-12-8-10-16(11-9-12,15(18)20-3)17-13-6-4-5-7-14(13)19-2/h4-7,12,17H,8-11H2,1-3H3. The van der Waals surface area contributed by atoms with E-state index in [0.717, 1.165) is 37.1 Å². The molecule has 2 rings (SSSR count). The van der Waals surface area contributed by atoms with Crippen molar-refractivity contribution in [3.05, 3.63) is 24.3 Å². The number of hydrogen-bond donors (Lipinski definition) is 1.